The molecule has 2 N–H and O–H groups in total. The molecule has 0 spiro atoms. The van der Waals surface area contributed by atoms with E-state index in [1.165, 1.54) is 33.9 Å². The van der Waals surface area contributed by atoms with E-state index in [0.29, 0.717) is 69.2 Å². The molecule has 2 bridgehead atoms. The summed E-state index contributed by atoms with van der Waals surface area (Å²) in [5.41, 5.74) is 3.68. The maximum absolute atomic E-state index is 13.8. The van der Waals surface area contributed by atoms with Crippen molar-refractivity contribution in [2.45, 2.75) is 44.9 Å². The minimum Gasteiger partial charge on any atom is -0.344 e. The lowest BCUT2D eigenvalue weighted by Crippen LogP contribution is -2.36. The van der Waals surface area contributed by atoms with E-state index in [2.05, 4.69) is 25.6 Å². The highest BCUT2D eigenvalue weighted by atomic mass is 35.5. The highest BCUT2D eigenvalue weighted by Crippen LogP contribution is 2.34. The molecule has 2 aromatic carbocycles. The van der Waals surface area contributed by atoms with Crippen LogP contribution in [0.25, 0.3) is 28.1 Å². The fourth-order valence-corrected chi connectivity index (χ4v) is 5.96. The largest absolute Gasteiger partial charge is 0.471 e. The number of halogens is 5. The Bertz CT molecular complexity index is 2120. The molecule has 0 saturated heterocycles. The molecule has 6 rings (SSSR count). The summed E-state index contributed by atoms with van der Waals surface area (Å²) in [7, 11) is 0. The Morgan fingerprint density at radius 2 is 1.86 bits per heavy atom. The summed E-state index contributed by atoms with van der Waals surface area (Å²) in [5, 5.41) is 13.2. The minimum absolute atomic E-state index is 0.187. The Hall–Kier alpha value is -5.08. The van der Waals surface area contributed by atoms with Crippen LogP contribution in [0.5, 0.6) is 0 Å². The van der Waals surface area contributed by atoms with Crippen molar-refractivity contribution >= 4 is 40.7 Å². The summed E-state index contributed by atoms with van der Waals surface area (Å²) < 4.78 is 41.2. The van der Waals surface area contributed by atoms with Gasteiger partial charge in [-0.25, -0.2) is 9.67 Å². The number of pyridine rings is 1. The first-order chi connectivity index (χ1) is 23.4. The van der Waals surface area contributed by atoms with Crippen LogP contribution in [0.4, 0.5) is 18.9 Å². The molecule has 0 aliphatic carbocycles. The maximum atomic E-state index is 13.8. The van der Waals surface area contributed by atoms with Gasteiger partial charge in [-0.2, -0.15) is 13.2 Å². The number of benzene rings is 2. The van der Waals surface area contributed by atoms with Gasteiger partial charge in [0.25, 0.3) is 5.56 Å². The molecule has 0 fully saturated rings. The van der Waals surface area contributed by atoms with E-state index < -0.39 is 30.6 Å². The number of anilines is 1. The molecular formula is C33H27Cl2F3N8O3. The van der Waals surface area contributed by atoms with Crippen molar-refractivity contribution < 1.29 is 22.8 Å². The van der Waals surface area contributed by atoms with Crippen molar-refractivity contribution in [3.63, 3.8) is 0 Å². The van der Waals surface area contributed by atoms with Gasteiger partial charge in [0, 0.05) is 58.3 Å². The topological polar surface area (TPSA) is 137 Å². The smallest absolute Gasteiger partial charge is 0.344 e. The Morgan fingerprint density at radius 3 is 2.59 bits per heavy atom. The van der Waals surface area contributed by atoms with Crippen LogP contribution in [-0.4, -0.2) is 47.5 Å². The zero-order chi connectivity index (χ0) is 34.9. The highest BCUT2D eigenvalue weighted by molar-refractivity contribution is 6.31. The SMILES string of the molecule is C[C@@H]1CCC[C@H](n2cnc(-c3cc(Cl)ccc3-n3cc(Cl)nn3)cc2=O)c2cncc(c2)-c2ccc(CNC(=O)C(F)(F)F)cc2NC1=O. The molecule has 16 heteroatoms. The summed E-state index contributed by atoms with van der Waals surface area (Å²) >= 11 is 12.3. The number of hydrogen-bond donors (Lipinski definition) is 2. The van der Waals surface area contributed by atoms with Crippen molar-refractivity contribution in [3.05, 3.63) is 105 Å². The number of alkyl halides is 3. The third kappa shape index (κ3) is 7.50. The number of aromatic nitrogens is 6. The average molecular weight is 712 g/mol. The Morgan fingerprint density at radius 1 is 1.04 bits per heavy atom. The standard InChI is InChI=1S/C33H27Cl2F3N8O3/c1-18-3-2-4-27(45-17-41-25(12-30(45)47)24-11-22(34)6-8-28(24)46-16-29(35)43-44-46)21-10-20(14-39-15-21)23-7-5-19(9-26(23)42-31(18)48)13-40-32(49)33(36,37)38/h5-12,14-18,27H,2-4,13H2,1H3,(H,40,49)(H,42,48)/t18-,27+/m1/s1. The third-order valence-electron chi connectivity index (χ3n) is 8.19. The quantitative estimate of drug-likeness (QED) is 0.216. The number of fused-ring (bicyclic) bond motifs is 4. The number of amides is 2. The van der Waals surface area contributed by atoms with Crippen LogP contribution in [0.2, 0.25) is 10.2 Å². The van der Waals surface area contributed by atoms with Gasteiger partial charge >= 0.3 is 12.1 Å². The van der Waals surface area contributed by atoms with Crippen LogP contribution >= 0.6 is 23.2 Å². The first kappa shape index (κ1) is 33.8. The highest BCUT2D eigenvalue weighted by Gasteiger charge is 2.38. The van der Waals surface area contributed by atoms with Gasteiger partial charge in [0.1, 0.15) is 0 Å². The summed E-state index contributed by atoms with van der Waals surface area (Å²) in [5.74, 6) is -2.78. The molecule has 11 nitrogen and oxygen atoms in total. The fourth-order valence-electron chi connectivity index (χ4n) is 5.66. The lowest BCUT2D eigenvalue weighted by molar-refractivity contribution is -0.173. The lowest BCUT2D eigenvalue weighted by atomic mass is 9.93. The van der Waals surface area contributed by atoms with Gasteiger partial charge in [0.15, 0.2) is 5.15 Å². The van der Waals surface area contributed by atoms with Gasteiger partial charge in [-0.05, 0) is 54.3 Å². The molecule has 252 valence electrons. The number of rotatable bonds is 5. The summed E-state index contributed by atoms with van der Waals surface area (Å²) in [4.78, 5) is 47.5. The number of hydrogen-bond acceptors (Lipinski definition) is 7. The lowest BCUT2D eigenvalue weighted by Gasteiger charge is -2.23. The average Bonchev–Trinajstić information content (AvgIpc) is 3.50. The predicted molar refractivity (Wildman–Crippen MR) is 176 cm³/mol. The third-order valence-corrected chi connectivity index (χ3v) is 8.60. The normalized spacial score (nSPS) is 16.6. The molecule has 0 saturated carbocycles. The molecule has 4 heterocycles. The van der Waals surface area contributed by atoms with E-state index >= 15 is 0 Å². The van der Waals surface area contributed by atoms with Gasteiger partial charge in [-0.15, -0.1) is 5.10 Å². The fraction of sp³-hybridized carbons (Fsp3) is 0.242. The van der Waals surface area contributed by atoms with Gasteiger partial charge in [0.05, 0.1) is 29.9 Å². The number of carbonyl (C=O) groups excluding carboxylic acids is 2. The van der Waals surface area contributed by atoms with E-state index in [0.717, 1.165) is 0 Å². The van der Waals surface area contributed by atoms with Crippen LogP contribution < -0.4 is 16.2 Å². The molecule has 49 heavy (non-hydrogen) atoms. The molecule has 1 aliphatic rings. The summed E-state index contributed by atoms with van der Waals surface area (Å²) in [6, 6.07) is 12.6. The predicted octanol–water partition coefficient (Wildman–Crippen LogP) is 6.39. The van der Waals surface area contributed by atoms with Crippen LogP contribution in [-0.2, 0) is 16.1 Å². The maximum Gasteiger partial charge on any atom is 0.471 e. The monoisotopic (exact) mass is 710 g/mol. The number of nitrogens with zero attached hydrogens (tertiary/aromatic N) is 6. The second kappa shape index (κ2) is 13.8. The van der Waals surface area contributed by atoms with Crippen molar-refractivity contribution in [1.82, 2.24) is 34.8 Å². The molecule has 5 aromatic rings. The molecule has 1 aliphatic heterocycles. The van der Waals surface area contributed by atoms with Crippen LogP contribution in [0.3, 0.4) is 0 Å². The minimum atomic E-state index is -5.02. The van der Waals surface area contributed by atoms with E-state index in [9.17, 15) is 27.6 Å². The molecule has 2 atom stereocenters. The van der Waals surface area contributed by atoms with Crippen molar-refractivity contribution in [3.8, 4) is 28.1 Å². The zero-order valence-corrected chi connectivity index (χ0v) is 27.2. The Labute approximate surface area is 287 Å². The van der Waals surface area contributed by atoms with Crippen molar-refractivity contribution in [2.75, 3.05) is 5.32 Å². The first-order valence-corrected chi connectivity index (χ1v) is 15.8. The summed E-state index contributed by atoms with van der Waals surface area (Å²) in [6.07, 6.45) is 2.76. The van der Waals surface area contributed by atoms with Gasteiger partial charge in [0.2, 0.25) is 5.91 Å². The second-order valence-electron chi connectivity index (χ2n) is 11.6. The van der Waals surface area contributed by atoms with Gasteiger partial charge in [-0.1, -0.05) is 53.9 Å². The van der Waals surface area contributed by atoms with Gasteiger partial charge < -0.3 is 10.6 Å². The molecule has 0 unspecified atom stereocenters. The van der Waals surface area contributed by atoms with Gasteiger partial charge in [-0.3, -0.25) is 23.9 Å². The number of carbonyl (C=O) groups is 2. The van der Waals surface area contributed by atoms with E-state index in [1.54, 1.807) is 49.6 Å². The number of nitrogens with one attached hydrogen (secondary N) is 2. The van der Waals surface area contributed by atoms with Crippen LogP contribution in [0, 0.1) is 5.92 Å². The zero-order valence-electron chi connectivity index (χ0n) is 25.7. The second-order valence-corrected chi connectivity index (χ2v) is 12.4. The molecule has 2 amide bonds. The van der Waals surface area contributed by atoms with E-state index in [1.807, 2.05) is 11.4 Å². The molecular weight excluding hydrogens is 684 g/mol. The van der Waals surface area contributed by atoms with Crippen LogP contribution in [0.15, 0.2) is 78.2 Å². The summed E-state index contributed by atoms with van der Waals surface area (Å²) in [6.45, 7) is 1.38. The first-order valence-electron chi connectivity index (χ1n) is 15.1. The van der Waals surface area contributed by atoms with E-state index in [-0.39, 0.29) is 16.6 Å². The molecule has 3 aromatic heterocycles. The Kier molecular flexibility index (Phi) is 9.52. The Balaban J connectivity index is 1.38. The van der Waals surface area contributed by atoms with Crippen LogP contribution in [0.1, 0.15) is 43.4 Å². The van der Waals surface area contributed by atoms with Crippen molar-refractivity contribution in [1.29, 1.82) is 0 Å². The van der Waals surface area contributed by atoms with Crippen molar-refractivity contribution in [2.24, 2.45) is 5.92 Å². The van der Waals surface area contributed by atoms with E-state index in [4.69, 9.17) is 23.2 Å². The molecule has 0 radical (unpaired) electrons.